The highest BCUT2D eigenvalue weighted by Crippen LogP contribution is 2.22. The molecule has 15 amide bonds. The Balaban J connectivity index is 2.13. The first-order chi connectivity index (χ1) is 46.8. The van der Waals surface area contributed by atoms with E-state index in [1.165, 1.54) is 11.8 Å². The number of guanidine groups is 1. The first-order valence-electron chi connectivity index (χ1n) is 33.1. The number of aliphatic imine (C=N–C) groups is 1. The standard InChI is InChI=1S/C61H103N19O20/c1-10-32(8)50(77-45(86)27-69-53(92)36(15-17-41(63)82)75-55(94)39-14-12-20-79(39)46(87)23-62)58(97)71-33(9)51(90)67-24-42(83)72-37(16-18-47(88)89)54(93)74-35(13-11-19-66-61(64)65)52(91)68-26-44(85)76-49(31(6)7)57(96)78-48(30(4)5)56(95)70-25-43(84)73-38(21-29(2)3)59(98)80-28-34(81)22-40(80)60(99)100/h29-40,48-50,81H,10-28,62H2,1-9H3,(H2,63,82)(H,67,90)(H,68,91)(H,69,92)(H,70,95)(H,71,97)(H,72,83)(H,73,84)(H,74,93)(H,75,94)(H,76,85)(H,77,86)(H,78,96)(H,88,89)(H,99,100)(H4,64,65,66)/t32-,33-,34?,35-,36-,37-,38-,39-,40-,48-,49-,50-/m0/s1. The van der Waals surface area contributed by atoms with Gasteiger partial charge in [0.05, 0.1) is 38.8 Å². The second-order valence-corrected chi connectivity index (χ2v) is 25.6. The predicted octanol–water partition coefficient (Wildman–Crippen LogP) is -8.07. The molecule has 39 nitrogen and oxygen atoms in total. The van der Waals surface area contributed by atoms with Crippen LogP contribution in [-0.4, -0.2) is 251 Å². The summed E-state index contributed by atoms with van der Waals surface area (Å²) in [6, 6.07) is -13.3. The normalized spacial score (nSPS) is 17.6. The van der Waals surface area contributed by atoms with Crippen LogP contribution in [0.25, 0.3) is 0 Å². The maximum absolute atomic E-state index is 13.9. The van der Waals surface area contributed by atoms with Crippen molar-refractivity contribution in [2.75, 3.05) is 52.4 Å². The molecular weight excluding hydrogens is 1320 g/mol. The number of aliphatic hydroxyl groups is 1. The van der Waals surface area contributed by atoms with E-state index in [9.17, 15) is 96.8 Å². The zero-order valence-electron chi connectivity index (χ0n) is 58.0. The summed E-state index contributed by atoms with van der Waals surface area (Å²) in [5.74, 6) is -17.8. The third-order valence-electron chi connectivity index (χ3n) is 16.2. The molecule has 0 aromatic carbocycles. The minimum Gasteiger partial charge on any atom is -0.481 e. The number of rotatable bonds is 43. The molecule has 100 heavy (non-hydrogen) atoms. The molecule has 12 atom stereocenters. The molecule has 2 aliphatic heterocycles. The molecule has 2 aliphatic rings. The highest BCUT2D eigenvalue weighted by Gasteiger charge is 2.43. The number of hydrogen-bond donors (Lipinski definition) is 19. The molecule has 0 bridgehead atoms. The predicted molar refractivity (Wildman–Crippen MR) is 355 cm³/mol. The second kappa shape index (κ2) is 42.9. The van der Waals surface area contributed by atoms with Crippen molar-refractivity contribution in [3.8, 4) is 0 Å². The van der Waals surface area contributed by atoms with Crippen molar-refractivity contribution in [3.05, 3.63) is 0 Å². The van der Waals surface area contributed by atoms with Crippen molar-refractivity contribution in [1.29, 1.82) is 0 Å². The van der Waals surface area contributed by atoms with Gasteiger partial charge in [-0.2, -0.15) is 0 Å². The Labute approximate surface area is 578 Å². The maximum atomic E-state index is 13.9. The highest BCUT2D eigenvalue weighted by molar-refractivity contribution is 5.99. The van der Waals surface area contributed by atoms with Crippen LogP contribution in [0.4, 0.5) is 0 Å². The molecule has 2 heterocycles. The summed E-state index contributed by atoms with van der Waals surface area (Å²) < 4.78 is 0. The molecule has 0 saturated carbocycles. The smallest absolute Gasteiger partial charge is 0.326 e. The summed E-state index contributed by atoms with van der Waals surface area (Å²) in [7, 11) is 0. The highest BCUT2D eigenvalue weighted by atomic mass is 16.4. The van der Waals surface area contributed by atoms with E-state index >= 15 is 0 Å². The summed E-state index contributed by atoms with van der Waals surface area (Å²) in [5.41, 5.74) is 21.7. The van der Waals surface area contributed by atoms with Gasteiger partial charge in [-0.25, -0.2) is 4.79 Å². The van der Waals surface area contributed by atoms with E-state index in [-0.39, 0.29) is 83.0 Å². The molecule has 0 aromatic heterocycles. The first-order valence-corrected chi connectivity index (χ1v) is 33.1. The van der Waals surface area contributed by atoms with Gasteiger partial charge in [0, 0.05) is 38.9 Å². The monoisotopic (exact) mass is 1420 g/mol. The minimum atomic E-state index is -1.67. The van der Waals surface area contributed by atoms with Crippen LogP contribution < -0.4 is 86.7 Å². The molecule has 23 N–H and O–H groups in total. The number of primary amides is 1. The number of likely N-dealkylation sites (tertiary alicyclic amines) is 2. The Morgan fingerprint density at radius 3 is 1.53 bits per heavy atom. The Bertz CT molecular complexity index is 2960. The Kier molecular flexibility index (Phi) is 37.0. The fourth-order valence-corrected chi connectivity index (χ4v) is 10.5. The number of nitrogens with one attached hydrogen (secondary N) is 12. The lowest BCUT2D eigenvalue weighted by Crippen LogP contribution is -2.59. The van der Waals surface area contributed by atoms with Gasteiger partial charge in [0.1, 0.15) is 60.4 Å². The van der Waals surface area contributed by atoms with E-state index < -0.39 is 224 Å². The number of carbonyl (C=O) groups is 17. The van der Waals surface area contributed by atoms with Crippen molar-refractivity contribution in [2.45, 2.75) is 199 Å². The van der Waals surface area contributed by atoms with Gasteiger partial charge >= 0.3 is 11.9 Å². The number of carbonyl (C=O) groups excluding carboxylic acids is 15. The Hall–Kier alpha value is -9.82. The molecule has 0 spiro atoms. The number of nitrogens with two attached hydrogens (primary N) is 4. The molecular formula is C61H103N19O20. The average molecular weight is 1420 g/mol. The van der Waals surface area contributed by atoms with Crippen LogP contribution in [0.1, 0.15) is 133 Å². The van der Waals surface area contributed by atoms with Gasteiger partial charge in [-0.05, 0) is 75.5 Å². The Morgan fingerprint density at radius 2 is 1.02 bits per heavy atom. The van der Waals surface area contributed by atoms with Crippen LogP contribution in [0, 0.1) is 23.7 Å². The van der Waals surface area contributed by atoms with E-state index in [2.05, 4.69) is 68.8 Å². The maximum Gasteiger partial charge on any atom is 0.326 e. The molecule has 0 radical (unpaired) electrons. The topological polar surface area (TPSA) is 618 Å². The average Bonchev–Trinajstić information content (AvgIpc) is 1.67. The van der Waals surface area contributed by atoms with Gasteiger partial charge in [-0.3, -0.25) is 81.7 Å². The molecule has 2 fully saturated rings. The molecule has 562 valence electrons. The number of β-amino-alcohol motifs (C(OH)–C–C–N with tert-alkyl or cyclic N) is 1. The summed E-state index contributed by atoms with van der Waals surface area (Å²) in [6.45, 7) is 11.0. The third-order valence-corrected chi connectivity index (χ3v) is 16.2. The fraction of sp³-hybridized carbons (Fsp3) is 0.705. The minimum absolute atomic E-state index is 0.0340. The third kappa shape index (κ3) is 30.1. The lowest BCUT2D eigenvalue weighted by atomic mass is 9.98. The molecule has 1 unspecified atom stereocenters. The van der Waals surface area contributed by atoms with Crippen molar-refractivity contribution in [1.82, 2.24) is 73.6 Å². The lowest BCUT2D eigenvalue weighted by Gasteiger charge is -2.28. The van der Waals surface area contributed by atoms with Gasteiger partial charge in [0.25, 0.3) is 0 Å². The van der Waals surface area contributed by atoms with Crippen LogP contribution in [0.3, 0.4) is 0 Å². The SMILES string of the molecule is CC[C@H](C)[C@H](NC(=O)CNC(=O)[C@H](CCC(N)=O)NC(=O)[C@@H]1CCCN1C(=O)CN)C(=O)N[C@@H](C)C(=O)NCC(=O)N[C@@H](CCC(=O)O)C(=O)N[C@@H](CCCN=C(N)N)C(=O)NCC(=O)N[C@H](C(=O)N[C@H](C(=O)NCC(=O)N[C@@H](CC(C)C)C(=O)N1CC(O)C[C@H]1C(=O)O)C(C)C)C(C)C. The summed E-state index contributed by atoms with van der Waals surface area (Å²) in [4.78, 5) is 229. The zero-order chi connectivity index (χ0) is 75.8. The van der Waals surface area contributed by atoms with E-state index in [1.807, 2.05) is 0 Å². The number of carboxylic acids is 2. The number of amides is 15. The summed E-state index contributed by atoms with van der Waals surface area (Å²) >= 11 is 0. The van der Waals surface area contributed by atoms with Crippen molar-refractivity contribution in [2.24, 2.45) is 51.6 Å². The van der Waals surface area contributed by atoms with Crippen LogP contribution in [0.15, 0.2) is 4.99 Å². The van der Waals surface area contributed by atoms with Gasteiger partial charge in [0.2, 0.25) is 88.6 Å². The van der Waals surface area contributed by atoms with E-state index in [1.54, 1.807) is 55.4 Å². The molecule has 2 rings (SSSR count). The van der Waals surface area contributed by atoms with Crippen molar-refractivity contribution >= 4 is 107 Å². The quantitative estimate of drug-likeness (QED) is 0.0153. The van der Waals surface area contributed by atoms with Gasteiger partial charge < -0.3 is 112 Å². The molecule has 0 aromatic rings. The lowest BCUT2D eigenvalue weighted by molar-refractivity contribution is -0.149. The number of nitrogens with zero attached hydrogens (tertiary/aromatic N) is 3. The second-order valence-electron chi connectivity index (χ2n) is 25.6. The van der Waals surface area contributed by atoms with E-state index in [0.717, 1.165) is 4.90 Å². The van der Waals surface area contributed by atoms with Crippen molar-refractivity contribution in [3.63, 3.8) is 0 Å². The van der Waals surface area contributed by atoms with Crippen molar-refractivity contribution < 1.29 is 96.8 Å². The van der Waals surface area contributed by atoms with Crippen LogP contribution in [0.2, 0.25) is 0 Å². The number of aliphatic hydroxyl groups excluding tert-OH is 1. The molecule has 39 heteroatoms. The van der Waals surface area contributed by atoms with Gasteiger partial charge in [-0.15, -0.1) is 0 Å². The summed E-state index contributed by atoms with van der Waals surface area (Å²) in [5, 5.41) is 58.4. The first kappa shape index (κ1) is 86.3. The zero-order valence-corrected chi connectivity index (χ0v) is 58.0. The number of aliphatic carboxylic acids is 2. The van der Waals surface area contributed by atoms with Crippen LogP contribution in [0.5, 0.6) is 0 Å². The largest absolute Gasteiger partial charge is 0.481 e. The van der Waals surface area contributed by atoms with Crippen LogP contribution >= 0.6 is 0 Å². The van der Waals surface area contributed by atoms with E-state index in [0.29, 0.717) is 12.8 Å². The number of hydrogen-bond acceptors (Lipinski definition) is 20. The molecule has 2 saturated heterocycles. The fourth-order valence-electron chi connectivity index (χ4n) is 10.5. The summed E-state index contributed by atoms with van der Waals surface area (Å²) in [6.07, 6.45) is -2.09. The Morgan fingerprint density at radius 1 is 0.530 bits per heavy atom. The van der Waals surface area contributed by atoms with Crippen LogP contribution in [-0.2, 0) is 81.5 Å². The molecule has 0 aliphatic carbocycles. The number of carboxylic acid groups (broad SMARTS) is 2. The van der Waals surface area contributed by atoms with Gasteiger partial charge in [0.15, 0.2) is 5.96 Å². The van der Waals surface area contributed by atoms with E-state index in [4.69, 9.17) is 22.9 Å². The van der Waals surface area contributed by atoms with Gasteiger partial charge in [-0.1, -0.05) is 61.8 Å².